The first-order valence-electron chi connectivity index (χ1n) is 16.2. The van der Waals surface area contributed by atoms with Gasteiger partial charge >= 0.3 is 10.4 Å². The Morgan fingerprint density at radius 3 is 1.83 bits per heavy atom. The van der Waals surface area contributed by atoms with Gasteiger partial charge < -0.3 is 21.1 Å². The monoisotopic (exact) mass is 1060 g/mol. The molecule has 4 radical (unpaired) electrons. The van der Waals surface area contributed by atoms with E-state index in [2.05, 4.69) is 45.3 Å². The number of hydrogen-bond acceptors (Lipinski definition) is 20. The molecule has 25 nitrogen and oxygen atoms in total. The smallest absolute Gasteiger partial charge is 0.397 e. The van der Waals surface area contributed by atoms with Crippen molar-refractivity contribution in [3.63, 3.8) is 0 Å². The molecule has 4 aromatic carbocycles. The second kappa shape index (κ2) is 24.3. The Hall–Kier alpha value is -1.54. The summed E-state index contributed by atoms with van der Waals surface area (Å²) in [7, 11) is -24.5. The molecule has 65 heavy (non-hydrogen) atoms. The Morgan fingerprint density at radius 2 is 1.29 bits per heavy atom. The van der Waals surface area contributed by atoms with E-state index in [0.717, 1.165) is 30.3 Å². The molecule has 5 rings (SSSR count). The van der Waals surface area contributed by atoms with E-state index in [1.807, 2.05) is 0 Å². The maximum atomic E-state index is 12.7. The van der Waals surface area contributed by atoms with Crippen LogP contribution in [0.5, 0.6) is 5.75 Å². The van der Waals surface area contributed by atoms with E-state index in [4.69, 9.17) is 16.2 Å². The number of halogens is 1. The number of fused-ring (bicyclic) bond motifs is 1. The SMILES string of the molecule is CCC(=O)Nc1cc(S(=O)(=O)O)cc2cc(S(=O)(=O)O)c(N=Nc3cc(Nc4nc(Cl)nc(Nc5cccc(S(=O)(=O)CCOS(=O)(=O)O)c5)n4)ccc3S(=O)(=O)O)c(O)c12.[Na].[Na].[Na].[Na]. The van der Waals surface area contributed by atoms with Gasteiger partial charge in [-0.3, -0.25) is 23.0 Å². The van der Waals surface area contributed by atoms with E-state index in [9.17, 15) is 65.6 Å². The minimum atomic E-state index is -5.37. The van der Waals surface area contributed by atoms with Crippen LogP contribution in [0.2, 0.25) is 5.28 Å². The minimum Gasteiger partial charge on any atom is -0.505 e. The van der Waals surface area contributed by atoms with E-state index in [0.29, 0.717) is 12.1 Å². The number of aromatic nitrogens is 3. The average Bonchev–Trinajstić information content (AvgIpc) is 3.12. The van der Waals surface area contributed by atoms with Gasteiger partial charge in [0.05, 0.1) is 27.8 Å². The summed E-state index contributed by atoms with van der Waals surface area (Å²) in [6.07, 6.45) is -0.173. The molecule has 0 saturated carbocycles. The first-order valence-corrected chi connectivity index (χ1v) is 23.9. The molecule has 8 N–H and O–H groups in total. The van der Waals surface area contributed by atoms with Gasteiger partial charge in [0.2, 0.25) is 23.1 Å². The number of phenols is 1. The molecule has 0 spiro atoms. The summed E-state index contributed by atoms with van der Waals surface area (Å²) in [5, 5.41) is 24.9. The van der Waals surface area contributed by atoms with Crippen molar-refractivity contribution in [1.29, 1.82) is 0 Å². The largest absolute Gasteiger partial charge is 0.505 e. The standard InChI is InChI=1S/C30H27ClN8O17S5.4Na/c1-2-24(40)34-21-14-19(58(44,45)46)10-15-11-23(60(50,51)52)26(27(41)25(15)21)39-38-20-13-17(6-7-22(20)59(47,48)49)33-30-36-28(31)35-29(37-30)32-16-4-3-5-18(12-16)57(42,43)9-8-56-61(53,54)55;;;;/h3-7,10-14,41H,2,8-9H2,1H3,(H,34,40)(H,44,45,46)(H,47,48,49)(H,50,51,52)(H,53,54,55)(H2,32,33,35,36,37);;;;. The maximum Gasteiger partial charge on any atom is 0.397 e. The molecule has 0 unspecified atom stereocenters. The predicted molar refractivity (Wildman–Crippen MR) is 235 cm³/mol. The van der Waals surface area contributed by atoms with Gasteiger partial charge in [-0.15, -0.1) is 10.2 Å². The molecule has 0 bridgehead atoms. The van der Waals surface area contributed by atoms with Gasteiger partial charge in [0, 0.05) is 141 Å². The summed E-state index contributed by atoms with van der Waals surface area (Å²) in [5.41, 5.74) is -2.32. The fraction of sp³-hybridized carbons (Fsp3) is 0.133. The second-order valence-electron chi connectivity index (χ2n) is 11.9. The molecule has 0 aliphatic carbocycles. The van der Waals surface area contributed by atoms with Crippen molar-refractivity contribution in [3.05, 3.63) is 65.9 Å². The number of phenolic OH excluding ortho intramolecular Hbond substituents is 1. The molecule has 35 heteroatoms. The van der Waals surface area contributed by atoms with Gasteiger partial charge in [0.15, 0.2) is 15.6 Å². The van der Waals surface area contributed by atoms with Crippen LogP contribution < -0.4 is 16.0 Å². The fourth-order valence-electron chi connectivity index (χ4n) is 5.09. The summed E-state index contributed by atoms with van der Waals surface area (Å²) in [6.45, 7) is 0.533. The minimum absolute atomic E-state index is 0. The Bertz CT molecular complexity index is 3230. The van der Waals surface area contributed by atoms with Crippen LogP contribution >= 0.6 is 11.6 Å². The van der Waals surface area contributed by atoms with Crippen LogP contribution in [0, 0.1) is 0 Å². The molecule has 0 fully saturated rings. The van der Waals surface area contributed by atoms with E-state index in [1.54, 1.807) is 0 Å². The van der Waals surface area contributed by atoms with Gasteiger partial charge in [0.1, 0.15) is 21.2 Å². The number of azo groups is 1. The van der Waals surface area contributed by atoms with E-state index < -0.39 is 122 Å². The summed E-state index contributed by atoms with van der Waals surface area (Å²) < 4.78 is 163. The summed E-state index contributed by atoms with van der Waals surface area (Å²) >= 11 is 6.07. The van der Waals surface area contributed by atoms with Crippen molar-refractivity contribution in [2.24, 2.45) is 10.2 Å². The van der Waals surface area contributed by atoms with Crippen molar-refractivity contribution >= 4 is 237 Å². The molecule has 0 atom stereocenters. The van der Waals surface area contributed by atoms with Gasteiger partial charge in [-0.1, -0.05) is 13.0 Å². The molecule has 5 aromatic rings. The summed E-state index contributed by atoms with van der Waals surface area (Å²) in [4.78, 5) is 20.9. The normalized spacial score (nSPS) is 12.0. The zero-order valence-corrected chi connectivity index (χ0v) is 47.0. The van der Waals surface area contributed by atoms with Crippen LogP contribution in [-0.2, 0) is 59.6 Å². The number of aromatic hydroxyl groups is 1. The van der Waals surface area contributed by atoms with Crippen molar-refractivity contribution < 1.29 is 74.4 Å². The van der Waals surface area contributed by atoms with Crippen LogP contribution in [-0.4, -0.2) is 217 Å². The zero-order valence-electron chi connectivity index (χ0n) is 34.2. The first-order chi connectivity index (χ1) is 28.1. The third kappa shape index (κ3) is 16.8. The number of hydrogen-bond donors (Lipinski definition) is 8. The van der Waals surface area contributed by atoms with Gasteiger partial charge in [-0.2, -0.15) is 48.6 Å². The molecular weight excluding hydrogens is 1030 g/mol. The molecule has 330 valence electrons. The number of sulfone groups is 1. The fourth-order valence-corrected chi connectivity index (χ4v) is 8.58. The number of nitrogens with one attached hydrogen (secondary N) is 3. The predicted octanol–water partition coefficient (Wildman–Crippen LogP) is 2.44. The topological polar surface area (TPSA) is 398 Å². The average molecular weight is 1060 g/mol. The second-order valence-corrected chi connectivity index (χ2v) is 19.7. The molecule has 0 saturated heterocycles. The number of nitrogens with zero attached hydrogens (tertiary/aromatic N) is 5. The number of benzene rings is 4. The van der Waals surface area contributed by atoms with Crippen molar-refractivity contribution in [3.8, 4) is 5.75 Å². The van der Waals surface area contributed by atoms with Crippen LogP contribution in [0.4, 0.5) is 40.3 Å². The number of rotatable bonds is 16. The quantitative estimate of drug-likeness (QED) is 0.0399. The zero-order chi connectivity index (χ0) is 45.3. The van der Waals surface area contributed by atoms with E-state index in [-0.39, 0.29) is 153 Å². The van der Waals surface area contributed by atoms with Crippen molar-refractivity contribution in [2.75, 3.05) is 28.3 Å². The van der Waals surface area contributed by atoms with Crippen molar-refractivity contribution in [1.82, 2.24) is 15.0 Å². The molecule has 0 aliphatic rings. The molecular formula is C30H27ClN8Na4O17S5. The summed E-state index contributed by atoms with van der Waals surface area (Å²) in [6, 6.07) is 9.85. The number of anilines is 5. The molecule has 1 heterocycles. The Labute approximate surface area is 463 Å². The van der Waals surface area contributed by atoms with Gasteiger partial charge in [-0.05, 0) is 71.6 Å². The molecule has 0 aliphatic heterocycles. The first kappa shape index (κ1) is 61.5. The molecule has 1 aromatic heterocycles. The third-order valence-electron chi connectivity index (χ3n) is 7.69. The van der Waals surface area contributed by atoms with Crippen molar-refractivity contribution in [2.45, 2.75) is 32.9 Å². The third-order valence-corrected chi connectivity index (χ3v) is 12.6. The Morgan fingerprint density at radius 1 is 0.708 bits per heavy atom. The van der Waals surface area contributed by atoms with Crippen LogP contribution in [0.3, 0.4) is 0 Å². The maximum absolute atomic E-state index is 12.7. The van der Waals surface area contributed by atoms with Gasteiger partial charge in [0.25, 0.3) is 30.4 Å². The Kier molecular flexibility index (Phi) is 23.0. The van der Waals surface area contributed by atoms with Crippen LogP contribution in [0.15, 0.2) is 90.5 Å². The van der Waals surface area contributed by atoms with E-state index in [1.165, 1.54) is 25.1 Å². The van der Waals surface area contributed by atoms with E-state index >= 15 is 0 Å². The Balaban J connectivity index is 0.00000528. The van der Waals surface area contributed by atoms with Crippen LogP contribution in [0.1, 0.15) is 13.3 Å². The van der Waals surface area contributed by atoms with Gasteiger partial charge in [-0.25, -0.2) is 12.6 Å². The van der Waals surface area contributed by atoms with Crippen LogP contribution in [0.25, 0.3) is 10.8 Å². The number of amides is 1. The number of carbonyl (C=O) groups is 1. The summed E-state index contributed by atoms with van der Waals surface area (Å²) in [5.74, 6) is -3.33. The number of carbonyl (C=O) groups excluding carboxylic acids is 1. The molecule has 1 amide bonds.